The summed E-state index contributed by atoms with van der Waals surface area (Å²) in [7, 11) is 0. The summed E-state index contributed by atoms with van der Waals surface area (Å²) in [5.41, 5.74) is 0.670. The molecule has 0 bridgehead atoms. The Balaban J connectivity index is 2.76. The van der Waals surface area contributed by atoms with Gasteiger partial charge >= 0.3 is 5.97 Å². The predicted octanol–water partition coefficient (Wildman–Crippen LogP) is -1.26. The Morgan fingerprint density at radius 3 is 2.73 bits per heavy atom. The number of aromatic nitrogens is 1. The lowest BCUT2D eigenvalue weighted by Crippen LogP contribution is -2.42. The van der Waals surface area contributed by atoms with E-state index < -0.39 is 11.9 Å². The molecule has 1 N–H and O–H groups in total. The molecule has 0 unspecified atom stereocenters. The number of rotatable bonds is 5. The summed E-state index contributed by atoms with van der Waals surface area (Å²) in [5.74, 6) is -2.10. The first kappa shape index (κ1) is 11.2. The molecule has 1 aromatic rings. The van der Waals surface area contributed by atoms with Crippen LogP contribution >= 0.6 is 0 Å². The van der Waals surface area contributed by atoms with Crippen LogP contribution in [0.3, 0.4) is 0 Å². The molecule has 0 aliphatic heterocycles. The van der Waals surface area contributed by atoms with Crippen molar-refractivity contribution in [2.75, 3.05) is 0 Å². The largest absolute Gasteiger partial charge is 0.550 e. The molecule has 0 fully saturated rings. The lowest BCUT2D eigenvalue weighted by Gasteiger charge is -2.02. The standard InChI is InChI=1S/C10H11NO4/c12-9(13)5-4-8-3-1-2-6-11(8)7-10(14)15/h1-3,6H,4-5,7H2,(H-,12,13,14,15). The summed E-state index contributed by atoms with van der Waals surface area (Å²) in [6, 6.07) is 5.14. The zero-order valence-electron chi connectivity index (χ0n) is 8.05. The van der Waals surface area contributed by atoms with Crippen molar-refractivity contribution >= 4 is 11.9 Å². The number of aryl methyl sites for hydroxylation is 1. The fourth-order valence-corrected chi connectivity index (χ4v) is 1.27. The lowest BCUT2D eigenvalue weighted by molar-refractivity contribution is -0.693. The number of pyridine rings is 1. The molecule has 15 heavy (non-hydrogen) atoms. The Kier molecular flexibility index (Phi) is 3.79. The van der Waals surface area contributed by atoms with E-state index in [0.717, 1.165) is 0 Å². The van der Waals surface area contributed by atoms with Crippen LogP contribution in [0.1, 0.15) is 12.1 Å². The molecule has 0 saturated carbocycles. The summed E-state index contributed by atoms with van der Waals surface area (Å²) >= 11 is 0. The zero-order valence-corrected chi connectivity index (χ0v) is 8.05. The van der Waals surface area contributed by atoms with E-state index >= 15 is 0 Å². The van der Waals surface area contributed by atoms with E-state index in [-0.39, 0.29) is 19.4 Å². The minimum Gasteiger partial charge on any atom is -0.550 e. The van der Waals surface area contributed by atoms with Crippen LogP contribution in [-0.4, -0.2) is 17.0 Å². The minimum absolute atomic E-state index is 0.108. The molecule has 5 heteroatoms. The highest BCUT2D eigenvalue weighted by molar-refractivity contribution is 5.65. The van der Waals surface area contributed by atoms with Crippen LogP contribution in [0.5, 0.6) is 0 Å². The molecule has 0 spiro atoms. The van der Waals surface area contributed by atoms with Gasteiger partial charge in [0.25, 0.3) is 0 Å². The van der Waals surface area contributed by atoms with Crippen molar-refractivity contribution in [2.24, 2.45) is 0 Å². The third-order valence-corrected chi connectivity index (χ3v) is 1.93. The van der Waals surface area contributed by atoms with Crippen molar-refractivity contribution in [3.05, 3.63) is 30.1 Å². The molecule has 0 aliphatic rings. The van der Waals surface area contributed by atoms with Gasteiger partial charge in [-0.1, -0.05) is 6.07 Å². The van der Waals surface area contributed by atoms with Gasteiger partial charge in [0.05, 0.1) is 0 Å². The maximum Gasteiger partial charge on any atom is 0.370 e. The van der Waals surface area contributed by atoms with Gasteiger partial charge in [-0.3, -0.25) is 0 Å². The summed E-state index contributed by atoms with van der Waals surface area (Å²) in [6.45, 7) is -0.163. The quantitative estimate of drug-likeness (QED) is 0.614. The maximum absolute atomic E-state index is 10.5. The molecule has 0 aromatic carbocycles. The third kappa shape index (κ3) is 3.76. The molecular weight excluding hydrogens is 198 g/mol. The highest BCUT2D eigenvalue weighted by Crippen LogP contribution is 1.96. The minimum atomic E-state index is -1.14. The Labute approximate surface area is 86.6 Å². The van der Waals surface area contributed by atoms with Gasteiger partial charge in [-0.2, -0.15) is 4.57 Å². The van der Waals surface area contributed by atoms with Gasteiger partial charge in [-0.25, -0.2) is 4.79 Å². The molecule has 0 aliphatic carbocycles. The molecule has 1 rings (SSSR count). The zero-order chi connectivity index (χ0) is 11.3. The molecule has 0 amide bonds. The van der Waals surface area contributed by atoms with E-state index in [1.807, 2.05) is 0 Å². The number of carbonyl (C=O) groups is 2. The highest BCUT2D eigenvalue weighted by Gasteiger charge is 2.12. The number of carboxylic acid groups (broad SMARTS) is 2. The number of aliphatic carboxylic acids is 2. The van der Waals surface area contributed by atoms with Crippen LogP contribution in [0.25, 0.3) is 0 Å². The van der Waals surface area contributed by atoms with E-state index in [2.05, 4.69) is 0 Å². The molecule has 1 aromatic heterocycles. The molecule has 5 nitrogen and oxygen atoms in total. The van der Waals surface area contributed by atoms with E-state index in [1.165, 1.54) is 4.57 Å². The molecular formula is C10H11NO4. The Bertz CT molecular complexity index is 375. The molecule has 0 radical (unpaired) electrons. The van der Waals surface area contributed by atoms with Crippen LogP contribution in [0, 0.1) is 0 Å². The fourth-order valence-electron chi connectivity index (χ4n) is 1.27. The van der Waals surface area contributed by atoms with Crippen LogP contribution in [0.2, 0.25) is 0 Å². The van der Waals surface area contributed by atoms with Crippen LogP contribution in [0.15, 0.2) is 24.4 Å². The molecule has 0 saturated heterocycles. The Morgan fingerprint density at radius 1 is 1.40 bits per heavy atom. The molecule has 1 heterocycles. The summed E-state index contributed by atoms with van der Waals surface area (Å²) in [6.07, 6.45) is 1.78. The van der Waals surface area contributed by atoms with Gasteiger partial charge in [-0.05, 0) is 6.42 Å². The lowest BCUT2D eigenvalue weighted by atomic mass is 10.2. The van der Waals surface area contributed by atoms with Crippen molar-refractivity contribution in [3.8, 4) is 0 Å². The first-order valence-electron chi connectivity index (χ1n) is 4.48. The van der Waals surface area contributed by atoms with Crippen molar-refractivity contribution in [1.29, 1.82) is 0 Å². The van der Waals surface area contributed by atoms with Crippen molar-refractivity contribution < 1.29 is 24.4 Å². The highest BCUT2D eigenvalue weighted by atomic mass is 16.4. The van der Waals surface area contributed by atoms with Crippen LogP contribution in [0.4, 0.5) is 0 Å². The number of hydrogen-bond acceptors (Lipinski definition) is 3. The maximum atomic E-state index is 10.5. The van der Waals surface area contributed by atoms with Gasteiger partial charge in [-0.15, -0.1) is 0 Å². The second-order valence-corrected chi connectivity index (χ2v) is 3.09. The number of carbonyl (C=O) groups excluding carboxylic acids is 1. The Morgan fingerprint density at radius 2 is 2.13 bits per heavy atom. The first-order valence-corrected chi connectivity index (χ1v) is 4.48. The van der Waals surface area contributed by atoms with E-state index in [0.29, 0.717) is 5.69 Å². The smallest absolute Gasteiger partial charge is 0.370 e. The van der Waals surface area contributed by atoms with E-state index in [1.54, 1.807) is 24.4 Å². The number of nitrogens with zero attached hydrogens (tertiary/aromatic N) is 1. The predicted molar refractivity (Wildman–Crippen MR) is 47.6 cm³/mol. The fraction of sp³-hybridized carbons (Fsp3) is 0.300. The average molecular weight is 209 g/mol. The molecule has 0 atom stereocenters. The van der Waals surface area contributed by atoms with Gasteiger partial charge < -0.3 is 15.0 Å². The van der Waals surface area contributed by atoms with Crippen LogP contribution in [-0.2, 0) is 22.6 Å². The summed E-state index contributed by atoms with van der Waals surface area (Å²) in [5, 5.41) is 18.9. The normalized spacial score (nSPS) is 9.87. The second kappa shape index (κ2) is 5.09. The van der Waals surface area contributed by atoms with Crippen LogP contribution < -0.4 is 9.67 Å². The average Bonchev–Trinajstić information content (AvgIpc) is 2.15. The van der Waals surface area contributed by atoms with Gasteiger partial charge in [0.15, 0.2) is 11.9 Å². The van der Waals surface area contributed by atoms with Crippen molar-refractivity contribution in [2.45, 2.75) is 19.4 Å². The van der Waals surface area contributed by atoms with E-state index in [9.17, 15) is 14.7 Å². The SMILES string of the molecule is O=C([O-])CCc1cccc[n+]1CC(=O)O. The summed E-state index contributed by atoms with van der Waals surface area (Å²) in [4.78, 5) is 20.8. The van der Waals surface area contributed by atoms with Crippen molar-refractivity contribution in [1.82, 2.24) is 0 Å². The number of carboxylic acids is 2. The second-order valence-electron chi connectivity index (χ2n) is 3.09. The first-order chi connectivity index (χ1) is 7.09. The topological polar surface area (TPSA) is 81.3 Å². The summed E-state index contributed by atoms with van der Waals surface area (Å²) < 4.78 is 1.51. The monoisotopic (exact) mass is 209 g/mol. The number of hydrogen-bond donors (Lipinski definition) is 1. The van der Waals surface area contributed by atoms with Crippen molar-refractivity contribution in [3.63, 3.8) is 0 Å². The van der Waals surface area contributed by atoms with Gasteiger partial charge in [0, 0.05) is 24.5 Å². The van der Waals surface area contributed by atoms with Gasteiger partial charge in [0.2, 0.25) is 6.54 Å². The Hall–Kier alpha value is -1.91. The third-order valence-electron chi connectivity index (χ3n) is 1.93. The van der Waals surface area contributed by atoms with Gasteiger partial charge in [0.1, 0.15) is 0 Å². The van der Waals surface area contributed by atoms with E-state index in [4.69, 9.17) is 5.11 Å². The molecule has 80 valence electrons.